The standard InChI is InChI=1S/C51H77N13O9.Y/c1-29(2)25-40(46(68)58-37(13-10-11-23-63(9)30(3)4)49(71)64-24-12-14-42(64)48(70)56-32(6)44(66)54-8)59-47(69)41(27-34-17-21-36(22-18-34)57-50(52)72)60-45(67)39(53-7)26-33-15-19-35(20-16-33)55-31(5)38-28-43(65)62-51(73)61-38;/h15-22,29-30,32,37-42,53,55H,5,10-14,23-28H2,1-4,6-9H3,(H10,52,54,56,57,58,59,60,61,62,65,66,67,68,69,70,72,73);/p-1/t32-,37+,38+,39+,40+,41-,42+;/m1./s1. The van der Waals surface area contributed by atoms with E-state index < -0.39 is 89.8 Å². The monoisotopic (exact) mass is 1100 g/mol. The van der Waals surface area contributed by atoms with E-state index in [1.165, 1.54) is 11.9 Å². The van der Waals surface area contributed by atoms with Crippen molar-refractivity contribution in [1.29, 1.82) is 0 Å². The summed E-state index contributed by atoms with van der Waals surface area (Å²) in [6.07, 6.45) is 2.84. The molecule has 2 saturated heterocycles. The number of rotatable bonds is 27. The Morgan fingerprint density at radius 2 is 1.31 bits per heavy atom. The number of carbonyl (C=O) groups excluding carboxylic acids is 9. The van der Waals surface area contributed by atoms with Crippen molar-refractivity contribution in [3.8, 4) is 0 Å². The number of hydrogen-bond acceptors (Lipinski definition) is 12. The molecule has 0 unspecified atom stereocenters. The van der Waals surface area contributed by atoms with Gasteiger partial charge in [-0.25, -0.2) is 4.79 Å². The number of urea groups is 2. The number of nitrogens with zero attached hydrogens (tertiary/aromatic N) is 2. The Morgan fingerprint density at radius 3 is 1.86 bits per heavy atom. The van der Waals surface area contributed by atoms with Crippen LogP contribution in [0, 0.1) is 5.92 Å². The van der Waals surface area contributed by atoms with Gasteiger partial charge in [0.25, 0.3) is 0 Å². The number of carbonyl (C=O) groups is 9. The Hall–Kier alpha value is -5.97. The Labute approximate surface area is 459 Å². The van der Waals surface area contributed by atoms with Crippen molar-refractivity contribution in [3.63, 3.8) is 0 Å². The van der Waals surface area contributed by atoms with Gasteiger partial charge in [0.1, 0.15) is 30.2 Å². The molecule has 2 aliphatic heterocycles. The van der Waals surface area contributed by atoms with E-state index in [4.69, 9.17) is 5.73 Å². The topological polar surface area (TPSA) is 304 Å². The van der Waals surface area contributed by atoms with Gasteiger partial charge in [-0.2, -0.15) is 0 Å². The number of imide groups is 1. The zero-order valence-electron chi connectivity index (χ0n) is 43.9. The first-order chi connectivity index (χ1) is 34.6. The van der Waals surface area contributed by atoms with Crippen LogP contribution in [-0.4, -0.2) is 146 Å². The SMILES string of the molecule is C=C(Nc1ccc(C[C@H](NC)C(=O)N[C@H](Cc2ccc(NC([NH-])=O)cc2)C(=O)N[C@@H](CC(C)C)C(=O)N[C@@H](CCCCN(C)C(C)C)C(=O)N2CCC[C@H]2C(=O)N[C@H](C)C(=O)NC)cc1)[C@@H]1CC(=O)NC(=O)N1.[Y]. The van der Waals surface area contributed by atoms with Gasteiger partial charge in [0.15, 0.2) is 6.03 Å². The summed E-state index contributed by atoms with van der Waals surface area (Å²) >= 11 is 0. The molecule has 0 saturated carbocycles. The Kier molecular flexibility index (Phi) is 25.6. The molecule has 2 aliphatic rings. The Balaban J connectivity index is 0.0000144. The molecule has 2 aromatic rings. The molecular formula is C51H76N13O9Y-. The van der Waals surface area contributed by atoms with E-state index in [0.717, 1.165) is 18.5 Å². The van der Waals surface area contributed by atoms with Gasteiger partial charge in [0.05, 0.1) is 18.5 Å². The van der Waals surface area contributed by atoms with Crippen molar-refractivity contribution < 1.29 is 75.9 Å². The summed E-state index contributed by atoms with van der Waals surface area (Å²) in [6, 6.07) is 5.67. The summed E-state index contributed by atoms with van der Waals surface area (Å²) in [4.78, 5) is 122. The first-order valence-electron chi connectivity index (χ1n) is 25.0. The summed E-state index contributed by atoms with van der Waals surface area (Å²) in [5, 5.41) is 27.3. The number of benzene rings is 2. The summed E-state index contributed by atoms with van der Waals surface area (Å²) in [7, 11) is 5.08. The van der Waals surface area contributed by atoms with Gasteiger partial charge in [-0.3, -0.25) is 43.7 Å². The molecular weight excluding hydrogens is 1030 g/mol. The second-order valence-corrected chi connectivity index (χ2v) is 19.4. The van der Waals surface area contributed by atoms with E-state index in [0.29, 0.717) is 47.9 Å². The van der Waals surface area contributed by atoms with Crippen LogP contribution in [0.3, 0.4) is 0 Å². The average Bonchev–Trinajstić information content (AvgIpc) is 3.84. The van der Waals surface area contributed by atoms with Gasteiger partial charge >= 0.3 is 6.03 Å². The van der Waals surface area contributed by atoms with Gasteiger partial charge in [-0.1, -0.05) is 56.8 Å². The fourth-order valence-electron chi connectivity index (χ4n) is 8.52. The molecule has 403 valence electrons. The third kappa shape index (κ3) is 19.7. The largest absolute Gasteiger partial charge is 0.447 e. The van der Waals surface area contributed by atoms with E-state index >= 15 is 0 Å². The molecule has 2 heterocycles. The summed E-state index contributed by atoms with van der Waals surface area (Å²) in [6.45, 7) is 14.5. The summed E-state index contributed by atoms with van der Waals surface area (Å²) in [5.74, 6) is -3.64. The fraction of sp³-hybridized carbons (Fsp3) is 0.549. The van der Waals surface area contributed by atoms with Gasteiger partial charge in [-0.05, 0) is 121 Å². The van der Waals surface area contributed by atoms with E-state index in [1.807, 2.05) is 20.9 Å². The number of likely N-dealkylation sites (N-methyl/N-ethyl adjacent to an activating group) is 2. The van der Waals surface area contributed by atoms with Gasteiger partial charge in [-0.15, -0.1) is 0 Å². The third-order valence-electron chi connectivity index (χ3n) is 12.9. The second-order valence-electron chi connectivity index (χ2n) is 19.4. The Bertz CT molecular complexity index is 2270. The predicted molar refractivity (Wildman–Crippen MR) is 278 cm³/mol. The molecule has 11 N–H and O–H groups in total. The molecule has 11 amide bonds. The smallest absolute Gasteiger partial charge is 0.321 e. The predicted octanol–water partition coefficient (Wildman–Crippen LogP) is 2.42. The fourth-order valence-corrected chi connectivity index (χ4v) is 8.52. The maximum Gasteiger partial charge on any atom is 0.321 e. The van der Waals surface area contributed by atoms with Crippen molar-refractivity contribution in [2.24, 2.45) is 5.92 Å². The molecule has 0 aliphatic carbocycles. The van der Waals surface area contributed by atoms with Gasteiger partial charge in [0, 0.05) is 70.1 Å². The molecule has 1 radical (unpaired) electrons. The van der Waals surface area contributed by atoms with Gasteiger partial charge < -0.3 is 63.4 Å². The van der Waals surface area contributed by atoms with E-state index in [-0.39, 0.29) is 83.2 Å². The number of likely N-dealkylation sites (tertiary alicyclic amines) is 1. The molecule has 4 rings (SSSR count). The number of anilines is 2. The zero-order chi connectivity index (χ0) is 53.9. The van der Waals surface area contributed by atoms with Crippen LogP contribution in [0.15, 0.2) is 60.8 Å². The van der Waals surface area contributed by atoms with E-state index in [9.17, 15) is 43.2 Å². The quantitative estimate of drug-likeness (QED) is 0.0578. The molecule has 74 heavy (non-hydrogen) atoms. The van der Waals surface area contributed by atoms with Crippen LogP contribution in [0.2, 0.25) is 0 Å². The number of nitrogens with one attached hydrogen (secondary N) is 11. The molecule has 0 spiro atoms. The number of unbranched alkanes of at least 4 members (excludes halogenated alkanes) is 1. The van der Waals surface area contributed by atoms with Crippen molar-refractivity contribution in [2.75, 3.05) is 44.9 Å². The van der Waals surface area contributed by atoms with Crippen LogP contribution in [0.25, 0.3) is 5.73 Å². The molecule has 0 bridgehead atoms. The van der Waals surface area contributed by atoms with Crippen molar-refractivity contribution in [3.05, 3.63) is 77.7 Å². The molecule has 2 fully saturated rings. The molecule has 2 aromatic carbocycles. The van der Waals surface area contributed by atoms with Gasteiger partial charge in [0.2, 0.25) is 41.4 Å². The van der Waals surface area contributed by atoms with Crippen LogP contribution in [0.4, 0.5) is 21.0 Å². The number of hydrogen-bond donors (Lipinski definition) is 10. The normalized spacial score (nSPS) is 17.3. The molecule has 23 heteroatoms. The first-order valence-corrected chi connectivity index (χ1v) is 25.0. The maximum atomic E-state index is 14.6. The number of amides is 11. The van der Waals surface area contributed by atoms with E-state index in [1.54, 1.807) is 62.5 Å². The minimum Gasteiger partial charge on any atom is -0.447 e. The zero-order valence-corrected chi connectivity index (χ0v) is 46.8. The maximum absolute atomic E-state index is 14.6. The van der Waals surface area contributed by atoms with Crippen LogP contribution in [-0.2, 0) is 79.1 Å². The summed E-state index contributed by atoms with van der Waals surface area (Å²) in [5.41, 5.74) is 10.0. The minimum absolute atomic E-state index is 0. The van der Waals surface area contributed by atoms with Crippen LogP contribution in [0.5, 0.6) is 0 Å². The second kappa shape index (κ2) is 30.4. The Morgan fingerprint density at radius 1 is 0.757 bits per heavy atom. The third-order valence-corrected chi connectivity index (χ3v) is 12.9. The van der Waals surface area contributed by atoms with Crippen LogP contribution in [0.1, 0.15) is 90.7 Å². The van der Waals surface area contributed by atoms with Crippen LogP contribution < -0.4 is 53.2 Å². The summed E-state index contributed by atoms with van der Waals surface area (Å²) < 4.78 is 0. The van der Waals surface area contributed by atoms with E-state index in [2.05, 4.69) is 78.5 Å². The minimum atomic E-state index is -1.22. The molecule has 22 nitrogen and oxygen atoms in total. The van der Waals surface area contributed by atoms with Crippen molar-refractivity contribution >= 4 is 64.8 Å². The molecule has 7 atom stereocenters. The first kappa shape index (κ1) is 62.3. The average molecular weight is 1100 g/mol. The van der Waals surface area contributed by atoms with Crippen LogP contribution >= 0.6 is 0 Å². The van der Waals surface area contributed by atoms with Crippen molar-refractivity contribution in [2.45, 2.75) is 141 Å². The van der Waals surface area contributed by atoms with Crippen molar-refractivity contribution in [1.82, 2.24) is 52.3 Å². The molecule has 0 aromatic heterocycles.